The standard InChI is InChI=1S/C28H36N6O2/c1-18(2)22-13-25-24(12-23(22)20-11-26(36-3)27-29-17-30-33(27)15-20)31-28(35)34(25)21-9-6-10-32(16-21)14-19-7-4-5-8-19/h11-13,15,17-19,21H,4-10,14,16H2,1-3H3,(H,31,35). The second-order valence-electron chi connectivity index (χ2n) is 10.9. The average Bonchev–Trinajstić information content (AvgIpc) is 3.62. The fourth-order valence-electron chi connectivity index (χ4n) is 6.44. The van der Waals surface area contributed by atoms with Crippen LogP contribution in [-0.4, -0.2) is 55.8 Å². The Morgan fingerprint density at radius 2 is 1.97 bits per heavy atom. The quantitative estimate of drug-likeness (QED) is 0.413. The van der Waals surface area contributed by atoms with Gasteiger partial charge in [0.05, 0.1) is 24.2 Å². The van der Waals surface area contributed by atoms with Crippen LogP contribution in [0.2, 0.25) is 0 Å². The molecule has 0 amide bonds. The Balaban J connectivity index is 1.40. The molecule has 2 aliphatic rings. The predicted molar refractivity (Wildman–Crippen MR) is 142 cm³/mol. The SMILES string of the molecule is COc1cc(-c2cc3[nH]c(=O)n(C4CCCN(CC5CCCC5)C4)c3cc2C(C)C)cn2ncnc12. The molecule has 8 heteroatoms. The highest BCUT2D eigenvalue weighted by molar-refractivity contribution is 5.85. The van der Waals surface area contributed by atoms with E-state index in [4.69, 9.17) is 4.74 Å². The van der Waals surface area contributed by atoms with Gasteiger partial charge in [-0.25, -0.2) is 14.3 Å². The van der Waals surface area contributed by atoms with Crippen LogP contribution in [0.4, 0.5) is 0 Å². The van der Waals surface area contributed by atoms with E-state index in [9.17, 15) is 4.79 Å². The maximum Gasteiger partial charge on any atom is 0.326 e. The Morgan fingerprint density at radius 3 is 2.75 bits per heavy atom. The van der Waals surface area contributed by atoms with Crippen molar-refractivity contribution in [2.75, 3.05) is 26.7 Å². The molecule has 1 unspecified atom stereocenters. The minimum absolute atomic E-state index is 0.00567. The Bertz CT molecular complexity index is 1440. The molecule has 2 fully saturated rings. The van der Waals surface area contributed by atoms with Gasteiger partial charge in [-0.05, 0) is 73.4 Å². The molecule has 0 radical (unpaired) electrons. The highest BCUT2D eigenvalue weighted by Gasteiger charge is 2.27. The summed E-state index contributed by atoms with van der Waals surface area (Å²) in [5.74, 6) is 1.79. The minimum atomic E-state index is -0.00567. The van der Waals surface area contributed by atoms with Gasteiger partial charge in [0.25, 0.3) is 0 Å². The van der Waals surface area contributed by atoms with Crippen molar-refractivity contribution in [3.8, 4) is 16.9 Å². The Labute approximate surface area is 211 Å². The van der Waals surface area contributed by atoms with E-state index in [0.717, 1.165) is 54.0 Å². The molecule has 3 aromatic heterocycles. The van der Waals surface area contributed by atoms with Crippen LogP contribution in [0.3, 0.4) is 0 Å². The Kier molecular flexibility index (Phi) is 6.07. The molecular formula is C28H36N6O2. The van der Waals surface area contributed by atoms with E-state index in [1.807, 2.05) is 16.8 Å². The van der Waals surface area contributed by atoms with Crippen LogP contribution in [0.5, 0.6) is 5.75 Å². The van der Waals surface area contributed by atoms with Gasteiger partial charge in [-0.15, -0.1) is 0 Å². The van der Waals surface area contributed by atoms with Gasteiger partial charge >= 0.3 is 5.69 Å². The Hall–Kier alpha value is -3.13. The maximum absolute atomic E-state index is 13.3. The molecule has 4 heterocycles. The normalized spacial score (nSPS) is 19.7. The van der Waals surface area contributed by atoms with Crippen LogP contribution in [-0.2, 0) is 0 Å². The van der Waals surface area contributed by atoms with Gasteiger partial charge < -0.3 is 14.6 Å². The van der Waals surface area contributed by atoms with Crippen molar-refractivity contribution in [2.24, 2.45) is 5.92 Å². The van der Waals surface area contributed by atoms with E-state index in [-0.39, 0.29) is 17.6 Å². The molecule has 1 saturated carbocycles. The molecule has 1 aromatic carbocycles. The van der Waals surface area contributed by atoms with Gasteiger partial charge in [0, 0.05) is 24.8 Å². The largest absolute Gasteiger partial charge is 0.493 e. The van der Waals surface area contributed by atoms with Gasteiger partial charge in [-0.3, -0.25) is 4.57 Å². The highest BCUT2D eigenvalue weighted by atomic mass is 16.5. The van der Waals surface area contributed by atoms with Crippen LogP contribution in [0.1, 0.15) is 69.9 Å². The first kappa shape index (κ1) is 23.3. The number of benzene rings is 1. The number of piperidine rings is 1. The molecule has 1 aliphatic heterocycles. The third-order valence-electron chi connectivity index (χ3n) is 8.22. The second-order valence-corrected chi connectivity index (χ2v) is 10.9. The number of imidazole rings is 1. The smallest absolute Gasteiger partial charge is 0.326 e. The van der Waals surface area contributed by atoms with Crippen molar-refractivity contribution in [3.05, 3.63) is 46.8 Å². The molecule has 4 aromatic rings. The third-order valence-corrected chi connectivity index (χ3v) is 8.22. The third kappa shape index (κ3) is 4.11. The van der Waals surface area contributed by atoms with Gasteiger partial charge in [0.15, 0.2) is 11.4 Å². The molecule has 1 aliphatic carbocycles. The van der Waals surface area contributed by atoms with E-state index >= 15 is 0 Å². The zero-order chi connectivity index (χ0) is 24.8. The molecule has 0 spiro atoms. The average molecular weight is 489 g/mol. The molecule has 6 rings (SSSR count). The van der Waals surface area contributed by atoms with Crippen molar-refractivity contribution in [2.45, 2.75) is 64.3 Å². The number of aromatic amines is 1. The van der Waals surface area contributed by atoms with E-state index < -0.39 is 0 Å². The summed E-state index contributed by atoms with van der Waals surface area (Å²) in [7, 11) is 1.65. The van der Waals surface area contributed by atoms with E-state index in [0.29, 0.717) is 11.4 Å². The van der Waals surface area contributed by atoms with Crippen LogP contribution >= 0.6 is 0 Å². The van der Waals surface area contributed by atoms with Crippen molar-refractivity contribution in [1.82, 2.24) is 29.0 Å². The lowest BCUT2D eigenvalue weighted by Crippen LogP contribution is -2.41. The van der Waals surface area contributed by atoms with Crippen LogP contribution < -0.4 is 10.4 Å². The molecule has 8 nitrogen and oxygen atoms in total. The zero-order valence-electron chi connectivity index (χ0n) is 21.5. The predicted octanol–water partition coefficient (Wildman–Crippen LogP) is 5.00. The number of ether oxygens (including phenoxy) is 1. The summed E-state index contributed by atoms with van der Waals surface area (Å²) >= 11 is 0. The fourth-order valence-corrected chi connectivity index (χ4v) is 6.44. The number of hydrogen-bond donors (Lipinski definition) is 1. The fraction of sp³-hybridized carbons (Fsp3) is 0.536. The van der Waals surface area contributed by atoms with Crippen LogP contribution in [0.15, 0.2) is 35.5 Å². The molecule has 36 heavy (non-hydrogen) atoms. The van der Waals surface area contributed by atoms with E-state index in [1.54, 1.807) is 11.6 Å². The van der Waals surface area contributed by atoms with Crippen LogP contribution in [0, 0.1) is 5.92 Å². The Morgan fingerprint density at radius 1 is 1.14 bits per heavy atom. The molecule has 1 N–H and O–H groups in total. The summed E-state index contributed by atoms with van der Waals surface area (Å²) in [6, 6.07) is 6.56. The second kappa shape index (κ2) is 9.39. The van der Waals surface area contributed by atoms with Gasteiger partial charge in [0.2, 0.25) is 0 Å². The number of nitrogens with one attached hydrogen (secondary N) is 1. The molecule has 190 valence electrons. The van der Waals surface area contributed by atoms with Gasteiger partial charge in [0.1, 0.15) is 6.33 Å². The first-order valence-electron chi connectivity index (χ1n) is 13.4. The van der Waals surface area contributed by atoms with E-state index in [1.165, 1.54) is 44.1 Å². The lowest BCUT2D eigenvalue weighted by atomic mass is 9.92. The number of hydrogen-bond acceptors (Lipinski definition) is 5. The van der Waals surface area contributed by atoms with Crippen molar-refractivity contribution >= 4 is 16.7 Å². The molecule has 1 atom stereocenters. The molecular weight excluding hydrogens is 452 g/mol. The molecule has 1 saturated heterocycles. The number of methoxy groups -OCH3 is 1. The lowest BCUT2D eigenvalue weighted by Gasteiger charge is -2.34. The monoisotopic (exact) mass is 488 g/mol. The first-order chi connectivity index (χ1) is 17.5. The van der Waals surface area contributed by atoms with Crippen molar-refractivity contribution in [1.29, 1.82) is 0 Å². The topological polar surface area (TPSA) is 80.5 Å². The maximum atomic E-state index is 13.3. The summed E-state index contributed by atoms with van der Waals surface area (Å²) in [5.41, 5.74) is 5.84. The summed E-state index contributed by atoms with van der Waals surface area (Å²) in [6.07, 6.45) is 11.2. The van der Waals surface area contributed by atoms with Gasteiger partial charge in [-0.2, -0.15) is 5.10 Å². The number of fused-ring (bicyclic) bond motifs is 2. The number of nitrogens with zero attached hydrogens (tertiary/aromatic N) is 5. The number of likely N-dealkylation sites (tertiary alicyclic amines) is 1. The minimum Gasteiger partial charge on any atom is -0.493 e. The lowest BCUT2D eigenvalue weighted by molar-refractivity contribution is 0.155. The highest BCUT2D eigenvalue weighted by Crippen LogP contribution is 2.36. The number of aromatic nitrogens is 5. The van der Waals surface area contributed by atoms with Crippen LogP contribution in [0.25, 0.3) is 27.8 Å². The summed E-state index contributed by atoms with van der Waals surface area (Å²) in [4.78, 5) is 23.4. The number of pyridine rings is 1. The van der Waals surface area contributed by atoms with Crippen molar-refractivity contribution < 1.29 is 4.74 Å². The summed E-state index contributed by atoms with van der Waals surface area (Å²) < 4.78 is 9.39. The van der Waals surface area contributed by atoms with Gasteiger partial charge in [-0.1, -0.05) is 26.7 Å². The summed E-state index contributed by atoms with van der Waals surface area (Å²) in [5, 5.41) is 4.33. The first-order valence-corrected chi connectivity index (χ1v) is 13.4. The van der Waals surface area contributed by atoms with E-state index in [2.05, 4.69) is 45.9 Å². The van der Waals surface area contributed by atoms with Crippen molar-refractivity contribution in [3.63, 3.8) is 0 Å². The number of H-pyrrole nitrogens is 1. The zero-order valence-corrected chi connectivity index (χ0v) is 21.5. The molecule has 0 bridgehead atoms. The summed E-state index contributed by atoms with van der Waals surface area (Å²) in [6.45, 7) is 7.70. The number of rotatable bonds is 6.